The Kier molecular flexibility index (Phi) is 3.06. The fourth-order valence-corrected chi connectivity index (χ4v) is 1.77. The molecular formula is C11H14ClNO. The molecule has 2 rings (SSSR count). The van der Waals surface area contributed by atoms with Gasteiger partial charge >= 0.3 is 0 Å². The van der Waals surface area contributed by atoms with Crippen molar-refractivity contribution in [2.75, 3.05) is 6.54 Å². The van der Waals surface area contributed by atoms with Gasteiger partial charge < -0.3 is 10.4 Å². The van der Waals surface area contributed by atoms with Crippen LogP contribution in [0.3, 0.4) is 0 Å². The molecule has 1 aromatic carbocycles. The summed E-state index contributed by atoms with van der Waals surface area (Å²) in [7, 11) is 0. The Hall–Kier alpha value is -0.570. The van der Waals surface area contributed by atoms with Gasteiger partial charge in [-0.3, -0.25) is 0 Å². The van der Waals surface area contributed by atoms with Crippen molar-refractivity contribution in [3.05, 3.63) is 34.9 Å². The highest BCUT2D eigenvalue weighted by atomic mass is 35.5. The number of aliphatic hydroxyl groups excluding tert-OH is 1. The monoisotopic (exact) mass is 211 g/mol. The van der Waals surface area contributed by atoms with Gasteiger partial charge in [0.15, 0.2) is 0 Å². The first-order valence-electron chi connectivity index (χ1n) is 4.92. The van der Waals surface area contributed by atoms with Gasteiger partial charge in [-0.1, -0.05) is 23.7 Å². The Balaban J connectivity index is 1.95. The van der Waals surface area contributed by atoms with Crippen LogP contribution in [0.15, 0.2) is 24.3 Å². The third-order valence-corrected chi connectivity index (χ3v) is 2.94. The van der Waals surface area contributed by atoms with Crippen LogP contribution in [0.2, 0.25) is 5.02 Å². The zero-order valence-corrected chi connectivity index (χ0v) is 8.67. The standard InChI is InChI=1S/C11H14ClNO/c12-9-3-1-8(2-4-9)11(14)7-10-5-6-13-10/h1-4,10-11,13-14H,5-7H2. The summed E-state index contributed by atoms with van der Waals surface area (Å²) < 4.78 is 0. The highest BCUT2D eigenvalue weighted by molar-refractivity contribution is 6.30. The Bertz CT molecular complexity index is 295. The summed E-state index contributed by atoms with van der Waals surface area (Å²) in [6.07, 6.45) is 1.59. The molecule has 1 saturated heterocycles. The number of benzene rings is 1. The smallest absolute Gasteiger partial charge is 0.0804 e. The summed E-state index contributed by atoms with van der Waals surface area (Å²) in [5.41, 5.74) is 0.947. The SMILES string of the molecule is OC(CC1CCN1)c1ccc(Cl)cc1. The maximum Gasteiger partial charge on any atom is 0.0804 e. The van der Waals surface area contributed by atoms with Crippen molar-refractivity contribution in [2.24, 2.45) is 0 Å². The molecule has 3 heteroatoms. The van der Waals surface area contributed by atoms with E-state index in [2.05, 4.69) is 5.32 Å². The molecule has 14 heavy (non-hydrogen) atoms. The Morgan fingerprint density at radius 2 is 2.07 bits per heavy atom. The minimum absolute atomic E-state index is 0.370. The van der Waals surface area contributed by atoms with E-state index >= 15 is 0 Å². The molecule has 0 saturated carbocycles. The topological polar surface area (TPSA) is 32.3 Å². The van der Waals surface area contributed by atoms with Crippen LogP contribution in [0.4, 0.5) is 0 Å². The van der Waals surface area contributed by atoms with Crippen molar-refractivity contribution in [1.29, 1.82) is 0 Å². The summed E-state index contributed by atoms with van der Waals surface area (Å²) >= 11 is 5.77. The summed E-state index contributed by atoms with van der Waals surface area (Å²) in [5.74, 6) is 0. The van der Waals surface area contributed by atoms with Gasteiger partial charge in [0.2, 0.25) is 0 Å². The van der Waals surface area contributed by atoms with Crippen LogP contribution in [0.5, 0.6) is 0 Å². The van der Waals surface area contributed by atoms with Crippen molar-refractivity contribution >= 4 is 11.6 Å². The number of rotatable bonds is 3. The van der Waals surface area contributed by atoms with Crippen LogP contribution >= 0.6 is 11.6 Å². The largest absolute Gasteiger partial charge is 0.388 e. The van der Waals surface area contributed by atoms with E-state index in [1.807, 2.05) is 24.3 Å². The van der Waals surface area contributed by atoms with Crippen LogP contribution in [0, 0.1) is 0 Å². The molecule has 2 nitrogen and oxygen atoms in total. The fraction of sp³-hybridized carbons (Fsp3) is 0.455. The van der Waals surface area contributed by atoms with Crippen molar-refractivity contribution in [2.45, 2.75) is 25.0 Å². The van der Waals surface area contributed by atoms with Crippen LogP contribution < -0.4 is 5.32 Å². The number of halogens is 1. The van der Waals surface area contributed by atoms with Crippen LogP contribution in [-0.4, -0.2) is 17.7 Å². The molecule has 76 valence electrons. The first kappa shape index (κ1) is 9.97. The van der Waals surface area contributed by atoms with Crippen molar-refractivity contribution in [1.82, 2.24) is 5.32 Å². The molecule has 0 aromatic heterocycles. The number of aliphatic hydroxyl groups is 1. The molecule has 2 atom stereocenters. The average molecular weight is 212 g/mol. The molecular weight excluding hydrogens is 198 g/mol. The Morgan fingerprint density at radius 3 is 2.57 bits per heavy atom. The van der Waals surface area contributed by atoms with Gasteiger partial charge in [0, 0.05) is 11.1 Å². The van der Waals surface area contributed by atoms with E-state index < -0.39 is 0 Å². The lowest BCUT2D eigenvalue weighted by Gasteiger charge is -2.29. The lowest BCUT2D eigenvalue weighted by Crippen LogP contribution is -2.43. The molecule has 0 amide bonds. The minimum Gasteiger partial charge on any atom is -0.388 e. The van der Waals surface area contributed by atoms with Gasteiger partial charge in [0.25, 0.3) is 0 Å². The van der Waals surface area contributed by atoms with Crippen LogP contribution in [-0.2, 0) is 0 Å². The molecule has 0 aliphatic carbocycles. The molecule has 0 radical (unpaired) electrons. The lowest BCUT2D eigenvalue weighted by molar-refractivity contribution is 0.136. The highest BCUT2D eigenvalue weighted by Gasteiger charge is 2.20. The number of nitrogens with one attached hydrogen (secondary N) is 1. The van der Waals surface area contributed by atoms with Gasteiger partial charge in [0.1, 0.15) is 0 Å². The molecule has 1 fully saturated rings. The Labute approximate surface area is 88.9 Å². The zero-order chi connectivity index (χ0) is 9.97. The zero-order valence-electron chi connectivity index (χ0n) is 7.91. The van der Waals surface area contributed by atoms with Crippen molar-refractivity contribution in [3.63, 3.8) is 0 Å². The normalized spacial score (nSPS) is 22.9. The predicted molar refractivity (Wildman–Crippen MR) is 57.4 cm³/mol. The van der Waals surface area contributed by atoms with Gasteiger partial charge in [-0.15, -0.1) is 0 Å². The fourth-order valence-electron chi connectivity index (χ4n) is 1.64. The summed E-state index contributed by atoms with van der Waals surface area (Å²) in [6, 6.07) is 7.88. The molecule has 1 aliphatic heterocycles. The van der Waals surface area contributed by atoms with E-state index in [0.29, 0.717) is 11.1 Å². The van der Waals surface area contributed by atoms with Gasteiger partial charge in [-0.05, 0) is 37.1 Å². The van der Waals surface area contributed by atoms with Gasteiger partial charge in [0.05, 0.1) is 6.10 Å². The van der Waals surface area contributed by atoms with Crippen molar-refractivity contribution < 1.29 is 5.11 Å². The van der Waals surface area contributed by atoms with Crippen LogP contribution in [0.25, 0.3) is 0 Å². The number of hydrogen-bond donors (Lipinski definition) is 2. The summed E-state index contributed by atoms with van der Waals surface area (Å²) in [4.78, 5) is 0. The molecule has 1 aromatic rings. The quantitative estimate of drug-likeness (QED) is 0.803. The summed E-state index contributed by atoms with van der Waals surface area (Å²) in [6.45, 7) is 1.08. The molecule has 1 aliphatic rings. The first-order chi connectivity index (χ1) is 6.75. The first-order valence-corrected chi connectivity index (χ1v) is 5.30. The maximum absolute atomic E-state index is 9.86. The second-order valence-corrected chi connectivity index (χ2v) is 4.18. The van der Waals surface area contributed by atoms with Crippen molar-refractivity contribution in [3.8, 4) is 0 Å². The third-order valence-electron chi connectivity index (χ3n) is 2.69. The van der Waals surface area contributed by atoms with Gasteiger partial charge in [-0.25, -0.2) is 0 Å². The van der Waals surface area contributed by atoms with E-state index in [4.69, 9.17) is 11.6 Å². The summed E-state index contributed by atoms with van der Waals surface area (Å²) in [5, 5.41) is 13.8. The Morgan fingerprint density at radius 1 is 1.43 bits per heavy atom. The van der Waals surface area contributed by atoms with E-state index in [1.165, 1.54) is 6.42 Å². The predicted octanol–water partition coefficient (Wildman–Crippen LogP) is 2.13. The molecule has 2 N–H and O–H groups in total. The molecule has 1 heterocycles. The average Bonchev–Trinajstić information content (AvgIpc) is 2.12. The minimum atomic E-state index is -0.370. The molecule has 0 spiro atoms. The molecule has 0 bridgehead atoms. The van der Waals surface area contributed by atoms with E-state index in [-0.39, 0.29) is 6.10 Å². The van der Waals surface area contributed by atoms with E-state index in [1.54, 1.807) is 0 Å². The maximum atomic E-state index is 9.86. The highest BCUT2D eigenvalue weighted by Crippen LogP contribution is 2.23. The van der Waals surface area contributed by atoms with E-state index in [9.17, 15) is 5.11 Å². The second-order valence-electron chi connectivity index (χ2n) is 3.74. The number of hydrogen-bond acceptors (Lipinski definition) is 2. The lowest BCUT2D eigenvalue weighted by atomic mass is 9.96. The third kappa shape index (κ3) is 2.27. The van der Waals surface area contributed by atoms with Crippen LogP contribution in [0.1, 0.15) is 24.5 Å². The second kappa shape index (κ2) is 4.30. The van der Waals surface area contributed by atoms with E-state index in [0.717, 1.165) is 18.5 Å². The molecule has 2 unspecified atom stereocenters. The van der Waals surface area contributed by atoms with Gasteiger partial charge in [-0.2, -0.15) is 0 Å².